The third-order valence-electron chi connectivity index (χ3n) is 6.36. The number of nitro groups is 1. The van der Waals surface area contributed by atoms with Crippen molar-refractivity contribution in [2.24, 2.45) is 0 Å². The Bertz CT molecular complexity index is 1560. The van der Waals surface area contributed by atoms with Gasteiger partial charge in [-0.15, -0.1) is 0 Å². The molecule has 0 atom stereocenters. The van der Waals surface area contributed by atoms with E-state index in [0.717, 1.165) is 43.4 Å². The molecule has 4 aromatic rings. The van der Waals surface area contributed by atoms with Crippen molar-refractivity contribution in [3.8, 4) is 11.5 Å². The van der Waals surface area contributed by atoms with Crippen molar-refractivity contribution in [3.63, 3.8) is 0 Å². The second-order valence-corrected chi connectivity index (χ2v) is 9.92. The fourth-order valence-corrected chi connectivity index (χ4v) is 4.82. The molecule has 0 radical (unpaired) electrons. The molecule has 1 saturated heterocycles. The molecule has 9 nitrogen and oxygen atoms in total. The number of fused-ring (bicyclic) bond motifs is 1. The van der Waals surface area contributed by atoms with Crippen molar-refractivity contribution in [2.75, 3.05) is 23.3 Å². The quantitative estimate of drug-likeness (QED) is 0.165. The molecule has 0 saturated carbocycles. The Hall–Kier alpha value is -4.02. The molecule has 0 aliphatic carbocycles. The lowest BCUT2D eigenvalue weighted by atomic mass is 10.1. The van der Waals surface area contributed by atoms with Crippen LogP contribution in [0.5, 0.6) is 0 Å². The number of oxazole rings is 1. The van der Waals surface area contributed by atoms with Gasteiger partial charge in [-0.1, -0.05) is 17.7 Å². The fraction of sp³-hybridized carbons (Fsp3) is 0.222. The first kappa shape index (κ1) is 25.6. The number of anilines is 2. The van der Waals surface area contributed by atoms with Gasteiger partial charge < -0.3 is 14.6 Å². The third kappa shape index (κ3) is 5.46. The van der Waals surface area contributed by atoms with E-state index >= 15 is 0 Å². The predicted molar refractivity (Wildman–Crippen MR) is 152 cm³/mol. The van der Waals surface area contributed by atoms with E-state index in [1.165, 1.54) is 6.07 Å². The minimum absolute atomic E-state index is 0.00926. The highest BCUT2D eigenvalue weighted by atomic mass is 35.5. The molecule has 194 valence electrons. The first-order chi connectivity index (χ1) is 18.3. The number of nitrogens with one attached hydrogen (secondary N) is 2. The zero-order valence-corrected chi connectivity index (χ0v) is 22.1. The summed E-state index contributed by atoms with van der Waals surface area (Å²) in [5.74, 6) is -0.154. The van der Waals surface area contributed by atoms with Crippen LogP contribution in [0, 0.1) is 17.0 Å². The molecule has 11 heteroatoms. The summed E-state index contributed by atoms with van der Waals surface area (Å²) in [4.78, 5) is 30.7. The maximum Gasteiger partial charge on any atom is 0.293 e. The van der Waals surface area contributed by atoms with Gasteiger partial charge in [0.1, 0.15) is 11.2 Å². The lowest BCUT2D eigenvalue weighted by Gasteiger charge is -2.28. The van der Waals surface area contributed by atoms with E-state index in [1.807, 2.05) is 30.0 Å². The van der Waals surface area contributed by atoms with E-state index in [2.05, 4.69) is 15.6 Å². The van der Waals surface area contributed by atoms with E-state index in [9.17, 15) is 14.9 Å². The van der Waals surface area contributed by atoms with Gasteiger partial charge >= 0.3 is 0 Å². The van der Waals surface area contributed by atoms with Gasteiger partial charge in [0.2, 0.25) is 5.89 Å². The number of halogens is 1. The van der Waals surface area contributed by atoms with E-state index in [0.29, 0.717) is 33.4 Å². The predicted octanol–water partition coefficient (Wildman–Crippen LogP) is 6.48. The van der Waals surface area contributed by atoms with Gasteiger partial charge in [-0.05, 0) is 86.4 Å². The maximum absolute atomic E-state index is 12.9. The summed E-state index contributed by atoms with van der Waals surface area (Å²) in [6.07, 6.45) is 3.07. The molecule has 0 spiro atoms. The van der Waals surface area contributed by atoms with Crippen molar-refractivity contribution in [1.82, 2.24) is 10.3 Å². The third-order valence-corrected chi connectivity index (χ3v) is 6.90. The first-order valence-electron chi connectivity index (χ1n) is 12.1. The van der Waals surface area contributed by atoms with Gasteiger partial charge in [0.25, 0.3) is 11.6 Å². The average Bonchev–Trinajstić information content (AvgIpc) is 3.33. The number of carbonyl (C=O) groups excluding carboxylic acids is 1. The van der Waals surface area contributed by atoms with Gasteiger partial charge in [0.15, 0.2) is 10.7 Å². The van der Waals surface area contributed by atoms with E-state index in [1.54, 1.807) is 30.3 Å². The first-order valence-corrected chi connectivity index (χ1v) is 12.9. The molecule has 1 amide bonds. The Balaban J connectivity index is 1.31. The molecular weight excluding hydrogens is 526 g/mol. The number of aryl methyl sites for hydroxylation is 1. The molecule has 38 heavy (non-hydrogen) atoms. The van der Waals surface area contributed by atoms with E-state index in [-0.39, 0.29) is 16.4 Å². The summed E-state index contributed by atoms with van der Waals surface area (Å²) < 4.78 is 5.90. The van der Waals surface area contributed by atoms with Crippen LogP contribution in [0.2, 0.25) is 5.02 Å². The lowest BCUT2D eigenvalue weighted by molar-refractivity contribution is -0.384. The molecule has 1 aliphatic heterocycles. The summed E-state index contributed by atoms with van der Waals surface area (Å²) >= 11 is 11.7. The summed E-state index contributed by atoms with van der Waals surface area (Å²) in [7, 11) is 0. The number of amides is 1. The highest BCUT2D eigenvalue weighted by Gasteiger charge is 2.23. The largest absolute Gasteiger partial charge is 0.436 e. The molecule has 5 rings (SSSR count). The topological polar surface area (TPSA) is 114 Å². The standard InChI is InChI=1S/C27H24ClN5O4S/c1-16-5-9-20-24(13-16)37-26(29-20)18-6-8-19(28)21(14-18)30-27(38)31-25(34)17-7-10-22(23(15-17)33(35)36)32-11-3-2-4-12-32/h5-10,13-15H,2-4,11-12H2,1H3,(H2,30,31,34,38). The Kier molecular flexibility index (Phi) is 7.26. The number of nitro benzene ring substituents is 1. The van der Waals surface area contributed by atoms with Crippen LogP contribution < -0.4 is 15.5 Å². The van der Waals surface area contributed by atoms with Crippen molar-refractivity contribution in [3.05, 3.63) is 80.9 Å². The molecule has 2 heterocycles. The SMILES string of the molecule is Cc1ccc2nc(-c3ccc(Cl)c(NC(=S)NC(=O)c4ccc(N5CCCCC5)c([N+](=O)[O-])c4)c3)oc2c1. The van der Waals surface area contributed by atoms with Crippen LogP contribution in [-0.2, 0) is 0 Å². The number of piperidine rings is 1. The minimum Gasteiger partial charge on any atom is -0.436 e. The van der Waals surface area contributed by atoms with Crippen LogP contribution in [0.1, 0.15) is 35.2 Å². The molecule has 1 fully saturated rings. The average molecular weight is 550 g/mol. The van der Waals surface area contributed by atoms with Gasteiger partial charge in [-0.25, -0.2) is 4.98 Å². The summed E-state index contributed by atoms with van der Waals surface area (Å²) in [6, 6.07) is 15.4. The van der Waals surface area contributed by atoms with Crippen LogP contribution in [0.25, 0.3) is 22.6 Å². The zero-order valence-electron chi connectivity index (χ0n) is 20.5. The molecule has 1 aromatic heterocycles. The van der Waals surface area contributed by atoms with Crippen molar-refractivity contribution in [2.45, 2.75) is 26.2 Å². The summed E-state index contributed by atoms with van der Waals surface area (Å²) in [5.41, 5.74) is 4.12. The molecule has 2 N–H and O–H groups in total. The molecule has 0 bridgehead atoms. The smallest absolute Gasteiger partial charge is 0.293 e. The minimum atomic E-state index is -0.572. The van der Waals surface area contributed by atoms with Crippen LogP contribution in [0.15, 0.2) is 59.0 Å². The maximum atomic E-state index is 12.9. The van der Waals surface area contributed by atoms with Crippen molar-refractivity contribution >= 4 is 63.0 Å². The number of hydrogen-bond acceptors (Lipinski definition) is 7. The monoisotopic (exact) mass is 549 g/mol. The van der Waals surface area contributed by atoms with Crippen LogP contribution in [0.3, 0.4) is 0 Å². The molecule has 1 aliphatic rings. The summed E-state index contributed by atoms with van der Waals surface area (Å²) in [6.45, 7) is 3.48. The van der Waals surface area contributed by atoms with Gasteiger partial charge in [0, 0.05) is 30.3 Å². The van der Waals surface area contributed by atoms with Gasteiger partial charge in [0.05, 0.1) is 15.6 Å². The fourth-order valence-electron chi connectivity index (χ4n) is 4.45. The second-order valence-electron chi connectivity index (χ2n) is 9.10. The van der Waals surface area contributed by atoms with Crippen molar-refractivity contribution in [1.29, 1.82) is 0 Å². The highest BCUT2D eigenvalue weighted by molar-refractivity contribution is 7.80. The van der Waals surface area contributed by atoms with Crippen LogP contribution >= 0.6 is 23.8 Å². The Morgan fingerprint density at radius 2 is 1.89 bits per heavy atom. The Labute approximate surface area is 228 Å². The zero-order chi connectivity index (χ0) is 26.8. The van der Waals surface area contributed by atoms with Crippen molar-refractivity contribution < 1.29 is 14.1 Å². The lowest BCUT2D eigenvalue weighted by Crippen LogP contribution is -2.34. The number of aromatic nitrogens is 1. The van der Waals surface area contributed by atoms with Crippen LogP contribution in [-0.4, -0.2) is 34.0 Å². The van der Waals surface area contributed by atoms with Gasteiger partial charge in [-0.2, -0.15) is 0 Å². The number of thiocarbonyl (C=S) groups is 1. The molecule has 0 unspecified atom stereocenters. The number of rotatable bonds is 5. The number of hydrogen-bond donors (Lipinski definition) is 2. The van der Waals surface area contributed by atoms with E-state index < -0.39 is 10.8 Å². The normalized spacial score (nSPS) is 13.4. The van der Waals surface area contributed by atoms with Gasteiger partial charge in [-0.3, -0.25) is 20.2 Å². The highest BCUT2D eigenvalue weighted by Crippen LogP contribution is 2.32. The Morgan fingerprint density at radius 1 is 1.11 bits per heavy atom. The molecular formula is C27H24ClN5O4S. The summed E-state index contributed by atoms with van der Waals surface area (Å²) in [5, 5.41) is 17.6. The number of nitrogens with zero attached hydrogens (tertiary/aromatic N) is 3. The van der Waals surface area contributed by atoms with E-state index in [4.69, 9.17) is 28.2 Å². The number of benzene rings is 3. The number of carbonyl (C=O) groups is 1. The van der Waals surface area contributed by atoms with Crippen LogP contribution in [0.4, 0.5) is 17.1 Å². The molecule has 3 aromatic carbocycles. The second kappa shape index (κ2) is 10.8. The Morgan fingerprint density at radius 3 is 2.66 bits per heavy atom.